The van der Waals surface area contributed by atoms with E-state index in [1.54, 1.807) is 24.3 Å². The van der Waals surface area contributed by atoms with Gasteiger partial charge in [-0.1, -0.05) is 69.6 Å². The van der Waals surface area contributed by atoms with Crippen LogP contribution in [0.5, 0.6) is 0 Å². The molecular weight excluding hydrogens is 495 g/mol. The molecule has 144 valence electrons. The summed E-state index contributed by atoms with van der Waals surface area (Å²) in [5, 5.41) is 9.42. The molecular formula is C16H11Cl6N3OS. The fraction of sp³-hybridized carbons (Fsp3) is 0.125. The van der Waals surface area contributed by atoms with Crippen molar-refractivity contribution < 1.29 is 4.79 Å². The lowest BCUT2D eigenvalue weighted by Gasteiger charge is -2.28. The zero-order valence-electron chi connectivity index (χ0n) is 13.2. The first-order valence-electron chi connectivity index (χ1n) is 7.22. The Kier molecular flexibility index (Phi) is 8.13. The SMILES string of the molecule is O=C(N[C@H](NC(=S)Nc1ccc(Cl)cc1)C(Cl)(Cl)Cl)c1ccc(Cl)cc1Cl. The Morgan fingerprint density at radius 2 is 1.52 bits per heavy atom. The first-order valence-corrected chi connectivity index (χ1v) is 9.89. The van der Waals surface area contributed by atoms with Crippen LogP contribution in [0.15, 0.2) is 42.5 Å². The molecule has 27 heavy (non-hydrogen) atoms. The van der Waals surface area contributed by atoms with Crippen molar-refractivity contribution in [2.24, 2.45) is 0 Å². The van der Waals surface area contributed by atoms with Gasteiger partial charge in [0, 0.05) is 15.7 Å². The number of rotatable bonds is 4. The first kappa shape index (κ1) is 22.6. The number of thiocarbonyl (C=S) groups is 1. The highest BCUT2D eigenvalue weighted by atomic mass is 35.6. The molecule has 2 rings (SSSR count). The van der Waals surface area contributed by atoms with Crippen molar-refractivity contribution in [1.82, 2.24) is 10.6 Å². The molecule has 2 aromatic carbocycles. The highest BCUT2D eigenvalue weighted by Crippen LogP contribution is 2.30. The minimum absolute atomic E-state index is 0.121. The maximum absolute atomic E-state index is 12.5. The number of hydrogen-bond donors (Lipinski definition) is 3. The Labute approximate surface area is 191 Å². The number of carbonyl (C=O) groups excluding carboxylic acids is 1. The zero-order valence-corrected chi connectivity index (χ0v) is 18.6. The van der Waals surface area contributed by atoms with Crippen LogP contribution in [0.2, 0.25) is 15.1 Å². The summed E-state index contributed by atoms with van der Waals surface area (Å²) in [4.78, 5) is 12.5. The van der Waals surface area contributed by atoms with E-state index in [1.807, 2.05) is 0 Å². The highest BCUT2D eigenvalue weighted by Gasteiger charge is 2.35. The molecule has 11 heteroatoms. The molecule has 0 spiro atoms. The average molecular weight is 506 g/mol. The molecule has 0 saturated carbocycles. The largest absolute Gasteiger partial charge is 0.339 e. The monoisotopic (exact) mass is 503 g/mol. The summed E-state index contributed by atoms with van der Waals surface area (Å²) in [6.45, 7) is 0. The zero-order chi connectivity index (χ0) is 20.2. The smallest absolute Gasteiger partial charge is 0.254 e. The minimum atomic E-state index is -1.90. The first-order chi connectivity index (χ1) is 12.6. The van der Waals surface area contributed by atoms with Gasteiger partial charge in [-0.15, -0.1) is 0 Å². The van der Waals surface area contributed by atoms with Gasteiger partial charge in [0.05, 0.1) is 10.6 Å². The number of amides is 1. The van der Waals surface area contributed by atoms with E-state index in [1.165, 1.54) is 18.2 Å². The summed E-state index contributed by atoms with van der Waals surface area (Å²) in [5.74, 6) is -0.574. The van der Waals surface area contributed by atoms with Gasteiger partial charge >= 0.3 is 0 Å². The molecule has 0 fully saturated rings. The van der Waals surface area contributed by atoms with Gasteiger partial charge in [-0.05, 0) is 54.7 Å². The van der Waals surface area contributed by atoms with E-state index >= 15 is 0 Å². The van der Waals surface area contributed by atoms with Gasteiger partial charge in [0.1, 0.15) is 6.17 Å². The number of halogens is 6. The lowest BCUT2D eigenvalue weighted by molar-refractivity contribution is 0.0934. The fourth-order valence-electron chi connectivity index (χ4n) is 1.91. The van der Waals surface area contributed by atoms with E-state index in [2.05, 4.69) is 16.0 Å². The van der Waals surface area contributed by atoms with E-state index < -0.39 is 15.9 Å². The quantitative estimate of drug-likeness (QED) is 0.268. The van der Waals surface area contributed by atoms with Crippen LogP contribution < -0.4 is 16.0 Å². The van der Waals surface area contributed by atoms with Gasteiger partial charge in [0.25, 0.3) is 5.91 Å². The van der Waals surface area contributed by atoms with Crippen LogP contribution in [0.4, 0.5) is 5.69 Å². The molecule has 0 aliphatic heterocycles. The number of alkyl halides is 3. The Hall–Kier alpha value is -0.660. The molecule has 0 aliphatic carbocycles. The summed E-state index contributed by atoms with van der Waals surface area (Å²) >= 11 is 40.8. The van der Waals surface area contributed by atoms with Crippen molar-refractivity contribution in [2.45, 2.75) is 9.96 Å². The van der Waals surface area contributed by atoms with Crippen molar-refractivity contribution in [3.05, 3.63) is 63.1 Å². The van der Waals surface area contributed by atoms with Crippen molar-refractivity contribution >= 4 is 98.5 Å². The summed E-state index contributed by atoms with van der Waals surface area (Å²) in [6, 6.07) is 11.2. The number of anilines is 1. The fourth-order valence-corrected chi connectivity index (χ4v) is 3.10. The van der Waals surface area contributed by atoms with Crippen molar-refractivity contribution in [3.8, 4) is 0 Å². The Morgan fingerprint density at radius 1 is 0.926 bits per heavy atom. The van der Waals surface area contributed by atoms with Crippen molar-refractivity contribution in [1.29, 1.82) is 0 Å². The van der Waals surface area contributed by atoms with Gasteiger partial charge in [0.2, 0.25) is 3.79 Å². The van der Waals surface area contributed by atoms with Crippen LogP contribution in [-0.2, 0) is 0 Å². The predicted octanol–water partition coefficient (Wildman–Crippen LogP) is 6.06. The molecule has 1 atom stereocenters. The third-order valence-corrected chi connectivity index (χ3v) is 4.83. The van der Waals surface area contributed by atoms with Gasteiger partial charge in [-0.2, -0.15) is 0 Å². The molecule has 0 saturated heterocycles. The highest BCUT2D eigenvalue weighted by molar-refractivity contribution is 7.80. The summed E-state index contributed by atoms with van der Waals surface area (Å²) in [6.07, 6.45) is -1.14. The van der Waals surface area contributed by atoms with Crippen LogP contribution in [0.1, 0.15) is 10.4 Å². The second-order valence-electron chi connectivity index (χ2n) is 5.18. The van der Waals surface area contributed by atoms with Crippen molar-refractivity contribution in [2.75, 3.05) is 5.32 Å². The molecule has 1 amide bonds. The molecule has 0 bridgehead atoms. The number of carbonyl (C=O) groups is 1. The minimum Gasteiger partial charge on any atom is -0.339 e. The van der Waals surface area contributed by atoms with Gasteiger partial charge < -0.3 is 16.0 Å². The average Bonchev–Trinajstić information content (AvgIpc) is 2.55. The molecule has 2 aromatic rings. The lowest BCUT2D eigenvalue weighted by atomic mass is 10.2. The number of hydrogen-bond acceptors (Lipinski definition) is 2. The third-order valence-electron chi connectivity index (χ3n) is 3.16. The Morgan fingerprint density at radius 3 is 2.07 bits per heavy atom. The van der Waals surface area contributed by atoms with E-state index in [0.29, 0.717) is 15.7 Å². The summed E-state index contributed by atoms with van der Waals surface area (Å²) in [7, 11) is 0. The molecule has 0 radical (unpaired) electrons. The van der Waals surface area contributed by atoms with E-state index in [9.17, 15) is 4.79 Å². The van der Waals surface area contributed by atoms with Gasteiger partial charge in [0.15, 0.2) is 5.11 Å². The normalized spacial score (nSPS) is 12.2. The maximum Gasteiger partial charge on any atom is 0.254 e. The third kappa shape index (κ3) is 7.02. The Balaban J connectivity index is 2.09. The van der Waals surface area contributed by atoms with Gasteiger partial charge in [-0.3, -0.25) is 4.79 Å². The predicted molar refractivity (Wildman–Crippen MR) is 119 cm³/mol. The molecule has 3 N–H and O–H groups in total. The standard InChI is InChI=1S/C16H11Cl6N3OS/c17-8-1-4-10(5-2-8)23-15(27)25-14(16(20,21)22)24-13(26)11-6-3-9(18)7-12(11)19/h1-7,14H,(H,24,26)(H2,23,25,27)/t14-/m1/s1. The molecule has 0 aromatic heterocycles. The number of nitrogens with one attached hydrogen (secondary N) is 3. The van der Waals surface area contributed by atoms with E-state index in [4.69, 9.17) is 81.8 Å². The topological polar surface area (TPSA) is 53.2 Å². The van der Waals surface area contributed by atoms with Crippen LogP contribution >= 0.6 is 81.8 Å². The molecule has 0 unspecified atom stereocenters. The second-order valence-corrected chi connectivity index (χ2v) is 9.23. The molecule has 0 heterocycles. The summed E-state index contributed by atoms with van der Waals surface area (Å²) in [5.41, 5.74) is 0.825. The second kappa shape index (κ2) is 9.70. The van der Waals surface area contributed by atoms with Gasteiger partial charge in [-0.25, -0.2) is 0 Å². The lowest BCUT2D eigenvalue weighted by Crippen LogP contribution is -2.56. The van der Waals surface area contributed by atoms with Crippen LogP contribution in [0.3, 0.4) is 0 Å². The van der Waals surface area contributed by atoms with E-state index in [-0.39, 0.29) is 15.7 Å². The van der Waals surface area contributed by atoms with E-state index in [0.717, 1.165) is 0 Å². The van der Waals surface area contributed by atoms with Crippen molar-refractivity contribution in [3.63, 3.8) is 0 Å². The van der Waals surface area contributed by atoms with Crippen LogP contribution in [-0.4, -0.2) is 21.0 Å². The van der Waals surface area contributed by atoms with Crippen LogP contribution in [0.25, 0.3) is 0 Å². The van der Waals surface area contributed by atoms with Crippen LogP contribution in [0, 0.1) is 0 Å². The Bertz CT molecular complexity index is 841. The number of benzene rings is 2. The molecule has 4 nitrogen and oxygen atoms in total. The summed E-state index contributed by atoms with van der Waals surface area (Å²) < 4.78 is -1.90. The molecule has 0 aliphatic rings. The maximum atomic E-state index is 12.5.